The van der Waals surface area contributed by atoms with Gasteiger partial charge < -0.3 is 10.0 Å². The normalized spacial score (nSPS) is 17.6. The van der Waals surface area contributed by atoms with Crippen LogP contribution in [0.5, 0.6) is 0 Å². The van der Waals surface area contributed by atoms with Crippen molar-refractivity contribution in [3.8, 4) is 0 Å². The molecule has 0 radical (unpaired) electrons. The zero-order valence-corrected chi connectivity index (χ0v) is 11.8. The van der Waals surface area contributed by atoms with Crippen LogP contribution in [0.4, 0.5) is 0 Å². The molecule has 0 atom stereocenters. The highest BCUT2D eigenvalue weighted by Crippen LogP contribution is 2.22. The minimum atomic E-state index is -1.37. The largest absolute Gasteiger partial charge is 0.488 e. The standard InChI is InChI=1S/C15H24BNO2/c1-2-4-13-7-9-17(10-8-13)12-14-5-3-6-15(11-14)16(18)19/h3,5-6,11,13,18-19H,2,4,7-10,12H2,1H3. The minimum absolute atomic E-state index is 0.582. The van der Waals surface area contributed by atoms with Crippen molar-refractivity contribution in [2.45, 2.75) is 39.2 Å². The van der Waals surface area contributed by atoms with Gasteiger partial charge in [0.1, 0.15) is 0 Å². The Bertz CT molecular complexity index is 389. The summed E-state index contributed by atoms with van der Waals surface area (Å²) >= 11 is 0. The summed E-state index contributed by atoms with van der Waals surface area (Å²) in [4.78, 5) is 2.47. The van der Waals surface area contributed by atoms with Crippen LogP contribution in [0.3, 0.4) is 0 Å². The maximum atomic E-state index is 9.19. The third-order valence-electron chi connectivity index (χ3n) is 4.06. The second-order valence-corrected chi connectivity index (χ2v) is 5.63. The summed E-state index contributed by atoms with van der Waals surface area (Å²) in [6.07, 6.45) is 5.26. The van der Waals surface area contributed by atoms with Crippen molar-refractivity contribution in [1.82, 2.24) is 4.90 Å². The Morgan fingerprint density at radius 3 is 2.63 bits per heavy atom. The van der Waals surface area contributed by atoms with Crippen molar-refractivity contribution in [1.29, 1.82) is 0 Å². The Balaban J connectivity index is 1.87. The van der Waals surface area contributed by atoms with E-state index in [-0.39, 0.29) is 0 Å². The molecule has 1 aromatic carbocycles. The topological polar surface area (TPSA) is 43.7 Å². The van der Waals surface area contributed by atoms with Crippen LogP contribution in [0.2, 0.25) is 0 Å². The van der Waals surface area contributed by atoms with Crippen LogP contribution >= 0.6 is 0 Å². The molecule has 1 aromatic rings. The number of hydrogen-bond donors (Lipinski definition) is 2. The number of likely N-dealkylation sites (tertiary alicyclic amines) is 1. The van der Waals surface area contributed by atoms with Crippen molar-refractivity contribution >= 4 is 12.6 Å². The van der Waals surface area contributed by atoms with Crippen LogP contribution in [0.25, 0.3) is 0 Å². The van der Waals surface area contributed by atoms with Gasteiger partial charge >= 0.3 is 7.12 Å². The van der Waals surface area contributed by atoms with E-state index < -0.39 is 7.12 Å². The highest BCUT2D eigenvalue weighted by Gasteiger charge is 2.19. The maximum absolute atomic E-state index is 9.19. The minimum Gasteiger partial charge on any atom is -0.423 e. The molecule has 0 aromatic heterocycles. The van der Waals surface area contributed by atoms with Gasteiger partial charge in [0.05, 0.1) is 0 Å². The molecule has 1 aliphatic heterocycles. The summed E-state index contributed by atoms with van der Waals surface area (Å²) < 4.78 is 0. The van der Waals surface area contributed by atoms with E-state index in [0.717, 1.165) is 25.6 Å². The molecule has 1 saturated heterocycles. The Kier molecular flexibility index (Phi) is 5.43. The Morgan fingerprint density at radius 2 is 2.00 bits per heavy atom. The number of rotatable bonds is 5. The van der Waals surface area contributed by atoms with Crippen molar-refractivity contribution in [3.05, 3.63) is 29.8 Å². The molecule has 1 heterocycles. The SMILES string of the molecule is CCCC1CCN(Cc2cccc(B(O)O)c2)CC1. The second-order valence-electron chi connectivity index (χ2n) is 5.63. The molecule has 0 bridgehead atoms. The van der Waals surface area contributed by atoms with E-state index in [1.165, 1.54) is 31.2 Å². The van der Waals surface area contributed by atoms with Gasteiger partial charge in [0.15, 0.2) is 0 Å². The van der Waals surface area contributed by atoms with Gasteiger partial charge in [-0.2, -0.15) is 0 Å². The first kappa shape index (κ1) is 14.6. The van der Waals surface area contributed by atoms with Gasteiger partial charge in [0.25, 0.3) is 0 Å². The molecule has 1 aliphatic rings. The van der Waals surface area contributed by atoms with Gasteiger partial charge in [-0.05, 0) is 42.9 Å². The van der Waals surface area contributed by atoms with Crippen LogP contribution in [0.1, 0.15) is 38.2 Å². The van der Waals surface area contributed by atoms with E-state index in [9.17, 15) is 10.0 Å². The fraction of sp³-hybridized carbons (Fsp3) is 0.600. The Labute approximate surface area is 116 Å². The van der Waals surface area contributed by atoms with Gasteiger partial charge in [-0.3, -0.25) is 4.90 Å². The average molecular weight is 261 g/mol. The number of piperidine rings is 1. The van der Waals surface area contributed by atoms with E-state index in [4.69, 9.17) is 0 Å². The molecule has 0 unspecified atom stereocenters. The quantitative estimate of drug-likeness (QED) is 0.787. The first-order chi connectivity index (χ1) is 9.19. The van der Waals surface area contributed by atoms with Crippen LogP contribution in [0, 0.1) is 5.92 Å². The first-order valence-electron chi connectivity index (χ1n) is 7.36. The predicted molar refractivity (Wildman–Crippen MR) is 79.2 cm³/mol. The van der Waals surface area contributed by atoms with Crippen LogP contribution in [-0.2, 0) is 6.54 Å². The fourth-order valence-corrected chi connectivity index (χ4v) is 2.95. The van der Waals surface area contributed by atoms with Crippen molar-refractivity contribution < 1.29 is 10.0 Å². The number of nitrogens with zero attached hydrogens (tertiary/aromatic N) is 1. The van der Waals surface area contributed by atoms with E-state index >= 15 is 0 Å². The summed E-state index contributed by atoms with van der Waals surface area (Å²) in [6, 6.07) is 7.60. The molecular formula is C15H24BNO2. The predicted octanol–water partition coefficient (Wildman–Crippen LogP) is 1.38. The zero-order chi connectivity index (χ0) is 13.7. The molecule has 2 N–H and O–H groups in total. The van der Waals surface area contributed by atoms with Crippen LogP contribution in [0.15, 0.2) is 24.3 Å². The fourth-order valence-electron chi connectivity index (χ4n) is 2.95. The molecule has 0 saturated carbocycles. The lowest BCUT2D eigenvalue weighted by Crippen LogP contribution is -2.34. The van der Waals surface area contributed by atoms with E-state index in [1.807, 2.05) is 12.1 Å². The van der Waals surface area contributed by atoms with E-state index in [0.29, 0.717) is 5.46 Å². The van der Waals surface area contributed by atoms with E-state index in [1.54, 1.807) is 6.07 Å². The Hall–Kier alpha value is -0.835. The lowest BCUT2D eigenvalue weighted by molar-refractivity contribution is 0.172. The smallest absolute Gasteiger partial charge is 0.423 e. The third-order valence-corrected chi connectivity index (χ3v) is 4.06. The van der Waals surface area contributed by atoms with Crippen molar-refractivity contribution in [2.75, 3.05) is 13.1 Å². The van der Waals surface area contributed by atoms with Crippen LogP contribution in [-0.4, -0.2) is 35.2 Å². The molecule has 4 heteroatoms. The van der Waals surface area contributed by atoms with Crippen molar-refractivity contribution in [2.24, 2.45) is 5.92 Å². The molecule has 104 valence electrons. The molecule has 0 spiro atoms. The molecule has 2 rings (SSSR count). The summed E-state index contributed by atoms with van der Waals surface area (Å²) in [6.45, 7) is 5.50. The lowest BCUT2D eigenvalue weighted by Gasteiger charge is -2.32. The highest BCUT2D eigenvalue weighted by molar-refractivity contribution is 6.58. The lowest BCUT2D eigenvalue weighted by atomic mass is 9.79. The van der Waals surface area contributed by atoms with Gasteiger partial charge in [0, 0.05) is 6.54 Å². The molecule has 3 nitrogen and oxygen atoms in total. The maximum Gasteiger partial charge on any atom is 0.488 e. The molecular weight excluding hydrogens is 237 g/mol. The van der Waals surface area contributed by atoms with E-state index in [2.05, 4.69) is 17.9 Å². The van der Waals surface area contributed by atoms with Crippen LogP contribution < -0.4 is 5.46 Å². The highest BCUT2D eigenvalue weighted by atomic mass is 16.4. The average Bonchev–Trinajstić information content (AvgIpc) is 2.42. The zero-order valence-electron chi connectivity index (χ0n) is 11.8. The van der Waals surface area contributed by atoms with Gasteiger partial charge in [0.2, 0.25) is 0 Å². The molecule has 0 amide bonds. The second kappa shape index (κ2) is 7.08. The summed E-state index contributed by atoms with van der Waals surface area (Å²) in [5.74, 6) is 0.909. The molecule has 1 fully saturated rings. The number of benzene rings is 1. The summed E-state index contributed by atoms with van der Waals surface area (Å²) in [5.41, 5.74) is 1.75. The third kappa shape index (κ3) is 4.34. The summed E-state index contributed by atoms with van der Waals surface area (Å²) in [7, 11) is -1.37. The molecule has 0 aliphatic carbocycles. The first-order valence-corrected chi connectivity index (χ1v) is 7.36. The monoisotopic (exact) mass is 261 g/mol. The van der Waals surface area contributed by atoms with Gasteiger partial charge in [-0.1, -0.05) is 44.0 Å². The Morgan fingerprint density at radius 1 is 1.26 bits per heavy atom. The summed E-state index contributed by atoms with van der Waals surface area (Å²) in [5, 5.41) is 18.4. The van der Waals surface area contributed by atoms with Gasteiger partial charge in [-0.15, -0.1) is 0 Å². The van der Waals surface area contributed by atoms with Gasteiger partial charge in [-0.25, -0.2) is 0 Å². The van der Waals surface area contributed by atoms with Crippen molar-refractivity contribution in [3.63, 3.8) is 0 Å². The molecule has 19 heavy (non-hydrogen) atoms. The number of hydrogen-bond acceptors (Lipinski definition) is 3.